The van der Waals surface area contributed by atoms with Crippen LogP contribution >= 0.6 is 12.6 Å². The Morgan fingerprint density at radius 3 is 2.61 bits per heavy atom. The monoisotopic (exact) mass is 453 g/mol. The molecule has 11 heteroatoms. The Kier molecular flexibility index (Phi) is 9.35. The van der Waals surface area contributed by atoms with E-state index in [4.69, 9.17) is 0 Å². The Hall–Kier alpha value is -2.56. The van der Waals surface area contributed by atoms with Gasteiger partial charge in [-0.2, -0.15) is 12.6 Å². The molecule has 31 heavy (non-hydrogen) atoms. The summed E-state index contributed by atoms with van der Waals surface area (Å²) >= 11 is 4.08. The van der Waals surface area contributed by atoms with Gasteiger partial charge in [0.1, 0.15) is 18.1 Å². The van der Waals surface area contributed by atoms with Crippen LogP contribution in [0.4, 0.5) is 0 Å². The van der Waals surface area contributed by atoms with Crippen molar-refractivity contribution in [1.82, 2.24) is 25.5 Å². The summed E-state index contributed by atoms with van der Waals surface area (Å²) < 4.78 is 0. The lowest BCUT2D eigenvalue weighted by Crippen LogP contribution is -2.56. The number of aromatic nitrogens is 2. The molecule has 0 spiro atoms. The number of likely N-dealkylation sites (tertiary alicyclic amines) is 1. The molecule has 1 saturated heterocycles. The zero-order valence-electron chi connectivity index (χ0n) is 17.8. The Bertz CT molecular complexity index is 770. The van der Waals surface area contributed by atoms with E-state index in [2.05, 4.69) is 33.2 Å². The third-order valence-corrected chi connectivity index (χ3v) is 5.35. The van der Waals surface area contributed by atoms with E-state index in [1.54, 1.807) is 6.20 Å². The number of imidazole rings is 1. The molecule has 0 bridgehead atoms. The van der Waals surface area contributed by atoms with Crippen molar-refractivity contribution in [2.24, 2.45) is 5.92 Å². The Morgan fingerprint density at radius 2 is 2.03 bits per heavy atom. The molecule has 1 fully saturated rings. The first-order valence-corrected chi connectivity index (χ1v) is 11.1. The Labute approximate surface area is 187 Å². The van der Waals surface area contributed by atoms with E-state index in [1.807, 2.05) is 13.8 Å². The van der Waals surface area contributed by atoms with E-state index < -0.39 is 35.9 Å². The summed E-state index contributed by atoms with van der Waals surface area (Å²) in [6.07, 6.45) is 4.85. The third-order valence-electron chi connectivity index (χ3n) is 5.12. The molecule has 172 valence electrons. The lowest BCUT2D eigenvalue weighted by molar-refractivity contribution is -0.143. The number of hydrogen-bond donors (Lipinski definition) is 5. The van der Waals surface area contributed by atoms with Gasteiger partial charge in [-0.1, -0.05) is 13.8 Å². The number of nitrogens with zero attached hydrogens (tertiary/aromatic N) is 2. The van der Waals surface area contributed by atoms with Gasteiger partial charge in [0, 0.05) is 25.6 Å². The van der Waals surface area contributed by atoms with Gasteiger partial charge < -0.3 is 25.6 Å². The Morgan fingerprint density at radius 1 is 1.29 bits per heavy atom. The molecule has 2 heterocycles. The predicted molar refractivity (Wildman–Crippen MR) is 116 cm³/mol. The molecule has 0 aromatic carbocycles. The van der Waals surface area contributed by atoms with Crippen LogP contribution in [0.2, 0.25) is 0 Å². The number of aromatic amines is 1. The van der Waals surface area contributed by atoms with Crippen molar-refractivity contribution in [3.8, 4) is 0 Å². The molecule has 1 aliphatic rings. The topological polar surface area (TPSA) is 144 Å². The fourth-order valence-electron chi connectivity index (χ4n) is 3.63. The van der Waals surface area contributed by atoms with E-state index in [0.29, 0.717) is 30.8 Å². The van der Waals surface area contributed by atoms with E-state index >= 15 is 0 Å². The summed E-state index contributed by atoms with van der Waals surface area (Å²) in [6, 6.07) is -2.74. The van der Waals surface area contributed by atoms with Gasteiger partial charge in [0.2, 0.25) is 17.7 Å². The molecule has 3 atom stereocenters. The van der Waals surface area contributed by atoms with Crippen LogP contribution in [0, 0.1) is 5.92 Å². The zero-order chi connectivity index (χ0) is 23.0. The van der Waals surface area contributed by atoms with Crippen molar-refractivity contribution < 1.29 is 24.3 Å². The largest absolute Gasteiger partial charge is 0.480 e. The van der Waals surface area contributed by atoms with Crippen LogP contribution in [0.5, 0.6) is 0 Å². The molecule has 1 aromatic heterocycles. The standard InChI is InChI=1S/C20H31N5O5S/c1-12(2)8-15(20(29)30)24-18(27)14(9-13-10-21-11-22-13)23-19(28)16-4-3-6-25(16)17(26)5-7-31/h10-12,14-16,31H,3-9H2,1-2H3,(H,21,22)(H,23,28)(H,24,27)(H,29,30)/t14-,15-,16-/m0/s1. The summed E-state index contributed by atoms with van der Waals surface area (Å²) in [6.45, 7) is 4.21. The molecular weight excluding hydrogens is 422 g/mol. The zero-order valence-corrected chi connectivity index (χ0v) is 18.7. The highest BCUT2D eigenvalue weighted by Gasteiger charge is 2.36. The van der Waals surface area contributed by atoms with Crippen LogP contribution in [0.1, 0.15) is 45.2 Å². The minimum atomic E-state index is -1.13. The number of hydrogen-bond acceptors (Lipinski definition) is 6. The van der Waals surface area contributed by atoms with Gasteiger partial charge in [-0.3, -0.25) is 14.4 Å². The fraction of sp³-hybridized carbons (Fsp3) is 0.650. The minimum absolute atomic E-state index is 0.0608. The second kappa shape index (κ2) is 11.7. The van der Waals surface area contributed by atoms with Crippen molar-refractivity contribution in [1.29, 1.82) is 0 Å². The van der Waals surface area contributed by atoms with Crippen LogP contribution in [0.3, 0.4) is 0 Å². The number of H-pyrrole nitrogens is 1. The SMILES string of the molecule is CC(C)C[C@H](NC(=O)[C@H](Cc1c[nH]cn1)NC(=O)[C@@H]1CCCN1C(=O)CCS)C(=O)O. The van der Waals surface area contributed by atoms with Crippen molar-refractivity contribution in [2.75, 3.05) is 12.3 Å². The number of aliphatic carboxylic acids is 1. The summed E-state index contributed by atoms with van der Waals surface area (Å²) in [7, 11) is 0. The first-order chi connectivity index (χ1) is 14.7. The van der Waals surface area contributed by atoms with Gasteiger partial charge in [-0.05, 0) is 30.9 Å². The van der Waals surface area contributed by atoms with Crippen LogP contribution in [0.25, 0.3) is 0 Å². The molecular formula is C20H31N5O5S. The smallest absolute Gasteiger partial charge is 0.326 e. The van der Waals surface area contributed by atoms with Gasteiger partial charge in [0.05, 0.1) is 12.0 Å². The van der Waals surface area contributed by atoms with Gasteiger partial charge in [-0.15, -0.1) is 0 Å². The number of rotatable bonds is 11. The van der Waals surface area contributed by atoms with Gasteiger partial charge in [0.15, 0.2) is 0 Å². The molecule has 3 amide bonds. The van der Waals surface area contributed by atoms with Crippen LogP contribution in [-0.2, 0) is 25.6 Å². The van der Waals surface area contributed by atoms with E-state index in [0.717, 1.165) is 0 Å². The average Bonchev–Trinajstić information content (AvgIpc) is 3.38. The molecule has 0 aliphatic carbocycles. The lowest BCUT2D eigenvalue weighted by Gasteiger charge is -2.27. The molecule has 4 N–H and O–H groups in total. The first kappa shape index (κ1) is 24.7. The highest BCUT2D eigenvalue weighted by Crippen LogP contribution is 2.19. The highest BCUT2D eigenvalue weighted by molar-refractivity contribution is 7.80. The molecule has 1 aromatic rings. The first-order valence-electron chi connectivity index (χ1n) is 10.4. The number of carbonyl (C=O) groups is 4. The Balaban J connectivity index is 2.13. The maximum absolute atomic E-state index is 13.0. The maximum Gasteiger partial charge on any atom is 0.326 e. The number of carboxylic acid groups (broad SMARTS) is 1. The number of carbonyl (C=O) groups excluding carboxylic acids is 3. The number of thiol groups is 1. The average molecular weight is 454 g/mol. The van der Waals surface area contributed by atoms with E-state index in [9.17, 15) is 24.3 Å². The minimum Gasteiger partial charge on any atom is -0.480 e. The molecule has 2 rings (SSSR count). The maximum atomic E-state index is 13.0. The molecule has 10 nitrogen and oxygen atoms in total. The van der Waals surface area contributed by atoms with Crippen molar-refractivity contribution in [3.05, 3.63) is 18.2 Å². The van der Waals surface area contributed by atoms with Gasteiger partial charge >= 0.3 is 5.97 Å². The fourth-order valence-corrected chi connectivity index (χ4v) is 3.82. The summed E-state index contributed by atoms with van der Waals surface area (Å²) in [5.74, 6) is -1.87. The summed E-state index contributed by atoms with van der Waals surface area (Å²) in [4.78, 5) is 58.1. The number of amides is 3. The number of nitrogens with one attached hydrogen (secondary N) is 3. The van der Waals surface area contributed by atoms with Crippen molar-refractivity contribution in [2.45, 2.75) is 64.1 Å². The summed E-state index contributed by atoms with van der Waals surface area (Å²) in [5, 5.41) is 14.7. The molecule has 0 saturated carbocycles. The third kappa shape index (κ3) is 7.27. The van der Waals surface area contributed by atoms with Crippen LogP contribution in [-0.4, -0.2) is 74.1 Å². The van der Waals surface area contributed by atoms with Gasteiger partial charge in [0.25, 0.3) is 0 Å². The second-order valence-electron chi connectivity index (χ2n) is 8.07. The predicted octanol–water partition coefficient (Wildman–Crippen LogP) is 0.363. The van der Waals surface area contributed by atoms with Crippen LogP contribution < -0.4 is 10.6 Å². The van der Waals surface area contributed by atoms with Crippen molar-refractivity contribution in [3.63, 3.8) is 0 Å². The molecule has 0 radical (unpaired) electrons. The van der Waals surface area contributed by atoms with E-state index in [-0.39, 0.29) is 31.1 Å². The van der Waals surface area contributed by atoms with E-state index in [1.165, 1.54) is 11.2 Å². The second-order valence-corrected chi connectivity index (χ2v) is 8.52. The normalized spacial score (nSPS) is 17.9. The molecule has 0 unspecified atom stereocenters. The number of carboxylic acids is 1. The van der Waals surface area contributed by atoms with Crippen LogP contribution in [0.15, 0.2) is 12.5 Å². The van der Waals surface area contributed by atoms with Gasteiger partial charge in [-0.25, -0.2) is 9.78 Å². The highest BCUT2D eigenvalue weighted by atomic mass is 32.1. The molecule has 1 aliphatic heterocycles. The van der Waals surface area contributed by atoms with Crippen molar-refractivity contribution >= 4 is 36.3 Å². The summed E-state index contributed by atoms with van der Waals surface area (Å²) in [5.41, 5.74) is 0.547. The quantitative estimate of drug-likeness (QED) is 0.306. The lowest BCUT2D eigenvalue weighted by atomic mass is 10.0.